The number of methoxy groups -OCH3 is 1. The molecule has 0 aliphatic heterocycles. The van der Waals surface area contributed by atoms with Crippen LogP contribution in [0.5, 0.6) is 5.75 Å². The first kappa shape index (κ1) is 18.8. The third kappa shape index (κ3) is 4.73. The molecule has 25 heavy (non-hydrogen) atoms. The summed E-state index contributed by atoms with van der Waals surface area (Å²) in [5, 5.41) is 3.21. The first-order chi connectivity index (χ1) is 11.8. The van der Waals surface area contributed by atoms with Gasteiger partial charge >= 0.3 is 0 Å². The number of hydrogen-bond acceptors (Lipinski definition) is 3. The summed E-state index contributed by atoms with van der Waals surface area (Å²) in [6.07, 6.45) is 0. The molecule has 0 radical (unpaired) electrons. The summed E-state index contributed by atoms with van der Waals surface area (Å²) in [5.74, 6) is 0.0628. The number of anilines is 2. The summed E-state index contributed by atoms with van der Waals surface area (Å²) in [5.41, 5.74) is 2.99. The zero-order valence-corrected chi connectivity index (χ0v) is 15.5. The zero-order chi connectivity index (χ0) is 18.6. The van der Waals surface area contributed by atoms with Gasteiger partial charge in [0.2, 0.25) is 11.8 Å². The lowest BCUT2D eigenvalue weighted by Crippen LogP contribution is -2.37. The molecule has 0 saturated carbocycles. The van der Waals surface area contributed by atoms with Crippen molar-refractivity contribution in [2.24, 2.45) is 0 Å². The molecule has 2 rings (SSSR count). The molecular formula is C19H21ClN2O3. The smallest absolute Gasteiger partial charge is 0.244 e. The topological polar surface area (TPSA) is 58.6 Å². The number of nitrogens with one attached hydrogen (secondary N) is 1. The van der Waals surface area contributed by atoms with Crippen molar-refractivity contribution in [1.82, 2.24) is 0 Å². The van der Waals surface area contributed by atoms with Crippen LogP contribution >= 0.6 is 11.6 Å². The molecule has 6 heteroatoms. The van der Waals surface area contributed by atoms with Crippen molar-refractivity contribution >= 4 is 34.8 Å². The minimum atomic E-state index is -0.320. The lowest BCUT2D eigenvalue weighted by atomic mass is 10.1. The summed E-state index contributed by atoms with van der Waals surface area (Å²) < 4.78 is 5.13. The lowest BCUT2D eigenvalue weighted by Gasteiger charge is -2.24. The maximum atomic E-state index is 12.4. The van der Waals surface area contributed by atoms with E-state index in [0.29, 0.717) is 22.1 Å². The Morgan fingerprint density at radius 3 is 2.52 bits per heavy atom. The highest BCUT2D eigenvalue weighted by atomic mass is 35.5. The van der Waals surface area contributed by atoms with Gasteiger partial charge in [-0.05, 0) is 43.2 Å². The number of hydrogen-bond donors (Lipinski definition) is 1. The summed E-state index contributed by atoms with van der Waals surface area (Å²) in [6, 6.07) is 10.7. The van der Waals surface area contributed by atoms with E-state index in [1.165, 1.54) is 11.8 Å². The second-order valence-corrected chi connectivity index (χ2v) is 6.20. The van der Waals surface area contributed by atoms with Crippen LogP contribution in [0.3, 0.4) is 0 Å². The fourth-order valence-corrected chi connectivity index (χ4v) is 3.07. The molecule has 0 unspecified atom stereocenters. The molecule has 2 aromatic carbocycles. The van der Waals surface area contributed by atoms with E-state index in [0.717, 1.165) is 11.1 Å². The molecule has 0 atom stereocenters. The van der Waals surface area contributed by atoms with Gasteiger partial charge in [0, 0.05) is 18.7 Å². The van der Waals surface area contributed by atoms with Crippen LogP contribution in [-0.4, -0.2) is 25.5 Å². The van der Waals surface area contributed by atoms with Crippen molar-refractivity contribution in [1.29, 1.82) is 0 Å². The third-order valence-corrected chi connectivity index (χ3v) is 3.99. The molecular weight excluding hydrogens is 340 g/mol. The van der Waals surface area contributed by atoms with E-state index >= 15 is 0 Å². The Hall–Kier alpha value is -2.53. The highest BCUT2D eigenvalue weighted by Gasteiger charge is 2.20. The van der Waals surface area contributed by atoms with E-state index in [9.17, 15) is 9.59 Å². The molecule has 0 aromatic heterocycles. The van der Waals surface area contributed by atoms with Gasteiger partial charge in [0.1, 0.15) is 12.3 Å². The van der Waals surface area contributed by atoms with Gasteiger partial charge in [-0.3, -0.25) is 9.59 Å². The van der Waals surface area contributed by atoms with Crippen molar-refractivity contribution in [3.05, 3.63) is 52.5 Å². The number of benzene rings is 2. The van der Waals surface area contributed by atoms with E-state index < -0.39 is 0 Å². The number of aryl methyl sites for hydroxylation is 2. The molecule has 2 amide bonds. The second kappa shape index (κ2) is 8.03. The average molecular weight is 361 g/mol. The van der Waals surface area contributed by atoms with Crippen molar-refractivity contribution in [3.8, 4) is 5.75 Å². The lowest BCUT2D eigenvalue weighted by molar-refractivity contribution is -0.120. The van der Waals surface area contributed by atoms with Gasteiger partial charge in [-0.15, -0.1) is 0 Å². The monoisotopic (exact) mass is 360 g/mol. The highest BCUT2D eigenvalue weighted by Crippen LogP contribution is 2.31. The Morgan fingerprint density at radius 1 is 1.20 bits per heavy atom. The van der Waals surface area contributed by atoms with E-state index in [1.807, 2.05) is 19.9 Å². The normalized spacial score (nSPS) is 10.3. The molecule has 0 heterocycles. The van der Waals surface area contributed by atoms with Gasteiger partial charge in [0.05, 0.1) is 17.8 Å². The van der Waals surface area contributed by atoms with Crippen LogP contribution in [0.15, 0.2) is 36.4 Å². The van der Waals surface area contributed by atoms with Crippen molar-refractivity contribution in [2.75, 3.05) is 23.9 Å². The van der Waals surface area contributed by atoms with Crippen LogP contribution in [0, 0.1) is 13.8 Å². The zero-order valence-electron chi connectivity index (χ0n) is 14.7. The Kier molecular flexibility index (Phi) is 6.04. The number of halogens is 1. The van der Waals surface area contributed by atoms with Gasteiger partial charge in [0.25, 0.3) is 0 Å². The summed E-state index contributed by atoms with van der Waals surface area (Å²) in [7, 11) is 1.56. The minimum Gasteiger partial charge on any atom is -0.497 e. The van der Waals surface area contributed by atoms with E-state index in [1.54, 1.807) is 37.4 Å². The third-order valence-electron chi connectivity index (χ3n) is 3.70. The van der Waals surface area contributed by atoms with Gasteiger partial charge in [-0.25, -0.2) is 0 Å². The second-order valence-electron chi connectivity index (χ2n) is 5.80. The highest BCUT2D eigenvalue weighted by molar-refractivity contribution is 6.34. The van der Waals surface area contributed by atoms with Crippen LogP contribution in [0.1, 0.15) is 18.1 Å². The van der Waals surface area contributed by atoms with E-state index in [-0.39, 0.29) is 18.4 Å². The molecule has 1 N–H and O–H groups in total. The Balaban J connectivity index is 2.22. The average Bonchev–Trinajstić information content (AvgIpc) is 2.53. The van der Waals surface area contributed by atoms with Crippen molar-refractivity contribution in [2.45, 2.75) is 20.8 Å². The predicted molar refractivity (Wildman–Crippen MR) is 101 cm³/mol. The molecule has 132 valence electrons. The quantitative estimate of drug-likeness (QED) is 0.878. The fourth-order valence-electron chi connectivity index (χ4n) is 2.64. The van der Waals surface area contributed by atoms with Gasteiger partial charge in [-0.1, -0.05) is 23.7 Å². The minimum absolute atomic E-state index is 0.129. The number of carbonyl (C=O) groups excluding carboxylic acids is 2. The summed E-state index contributed by atoms with van der Waals surface area (Å²) in [6.45, 7) is 5.07. The largest absolute Gasteiger partial charge is 0.497 e. The maximum absolute atomic E-state index is 12.4. The summed E-state index contributed by atoms with van der Waals surface area (Å²) in [4.78, 5) is 25.9. The van der Waals surface area contributed by atoms with Gasteiger partial charge < -0.3 is 15.0 Å². The molecule has 0 aliphatic carbocycles. The summed E-state index contributed by atoms with van der Waals surface area (Å²) >= 11 is 6.31. The van der Waals surface area contributed by atoms with Gasteiger partial charge in [-0.2, -0.15) is 0 Å². The molecule has 0 spiro atoms. The van der Waals surface area contributed by atoms with Gasteiger partial charge in [0.15, 0.2) is 0 Å². The van der Waals surface area contributed by atoms with Crippen LogP contribution in [-0.2, 0) is 9.59 Å². The van der Waals surface area contributed by atoms with Crippen molar-refractivity contribution < 1.29 is 14.3 Å². The molecule has 0 bridgehead atoms. The standard InChI is InChI=1S/C19H21ClN2O3/c1-12-8-13(2)19(17(20)9-12)22(14(3)23)11-18(24)21-15-6-5-7-16(10-15)25-4/h5-10H,11H2,1-4H3,(H,21,24). The maximum Gasteiger partial charge on any atom is 0.244 e. The van der Waals surface area contributed by atoms with Crippen LogP contribution in [0.25, 0.3) is 0 Å². The van der Waals surface area contributed by atoms with Crippen LogP contribution < -0.4 is 15.0 Å². The number of carbonyl (C=O) groups is 2. The fraction of sp³-hybridized carbons (Fsp3) is 0.263. The molecule has 0 aliphatic rings. The number of ether oxygens (including phenoxy) is 1. The Bertz CT molecular complexity index is 782. The molecule has 0 fully saturated rings. The van der Waals surface area contributed by atoms with Crippen LogP contribution in [0.4, 0.5) is 11.4 Å². The predicted octanol–water partition coefficient (Wildman–Crippen LogP) is 3.96. The van der Waals surface area contributed by atoms with E-state index in [4.69, 9.17) is 16.3 Å². The first-order valence-electron chi connectivity index (χ1n) is 7.80. The Labute approximate surface area is 152 Å². The molecule has 2 aromatic rings. The number of rotatable bonds is 5. The molecule has 0 saturated heterocycles. The van der Waals surface area contributed by atoms with E-state index in [2.05, 4.69) is 5.32 Å². The van der Waals surface area contributed by atoms with Crippen molar-refractivity contribution in [3.63, 3.8) is 0 Å². The number of nitrogens with zero attached hydrogens (tertiary/aromatic N) is 1. The SMILES string of the molecule is COc1cccc(NC(=O)CN(C(C)=O)c2c(C)cc(C)cc2Cl)c1. The number of amides is 2. The molecule has 5 nitrogen and oxygen atoms in total. The Morgan fingerprint density at radius 2 is 1.92 bits per heavy atom. The van der Waals surface area contributed by atoms with Crippen LogP contribution in [0.2, 0.25) is 5.02 Å². The first-order valence-corrected chi connectivity index (χ1v) is 8.18.